The van der Waals surface area contributed by atoms with Crippen LogP contribution >= 0.6 is 40.7 Å². The second kappa shape index (κ2) is 9.33. The summed E-state index contributed by atoms with van der Waals surface area (Å²) in [6.45, 7) is 4.10. The number of nitrogens with zero attached hydrogens (tertiary/aromatic N) is 1. The van der Waals surface area contributed by atoms with E-state index in [0.717, 1.165) is 36.2 Å². The summed E-state index contributed by atoms with van der Waals surface area (Å²) in [5.41, 5.74) is 1.00. The van der Waals surface area contributed by atoms with Crippen LogP contribution in [0, 0.1) is 5.92 Å². The number of ether oxygens (including phenoxy) is 1. The topological polar surface area (TPSA) is 44.7 Å². The van der Waals surface area contributed by atoms with E-state index in [1.54, 1.807) is 7.11 Å². The van der Waals surface area contributed by atoms with Crippen LogP contribution in [0.3, 0.4) is 0 Å². The molecule has 1 atom stereocenters. The highest BCUT2D eigenvalue weighted by Crippen LogP contribution is 2.48. The van der Waals surface area contributed by atoms with Gasteiger partial charge in [0.2, 0.25) is 0 Å². The van der Waals surface area contributed by atoms with Crippen molar-refractivity contribution < 1.29 is 9.84 Å². The fourth-order valence-corrected chi connectivity index (χ4v) is 4.00. The summed E-state index contributed by atoms with van der Waals surface area (Å²) in [4.78, 5) is 2.51. The molecule has 1 aliphatic carbocycles. The van der Waals surface area contributed by atoms with E-state index < -0.39 is 0 Å². The third-order valence-corrected chi connectivity index (χ3v) is 5.48. The molecule has 2 N–H and O–H groups in total. The maximum atomic E-state index is 10.6. The maximum absolute atomic E-state index is 10.6. The second-order valence-electron chi connectivity index (χ2n) is 5.93. The lowest BCUT2D eigenvalue weighted by atomic mass is 9.76. The van der Waals surface area contributed by atoms with Gasteiger partial charge in [0.15, 0.2) is 11.5 Å². The Morgan fingerprint density at radius 1 is 1.26 bits per heavy atom. The highest BCUT2D eigenvalue weighted by Gasteiger charge is 2.36. The van der Waals surface area contributed by atoms with Gasteiger partial charge in [-0.05, 0) is 30.9 Å². The summed E-state index contributed by atoms with van der Waals surface area (Å²) in [6.07, 6.45) is 3.80. The van der Waals surface area contributed by atoms with Crippen molar-refractivity contribution in [2.24, 2.45) is 5.92 Å². The van der Waals surface area contributed by atoms with Crippen molar-refractivity contribution in [2.45, 2.75) is 25.3 Å². The highest BCUT2D eigenvalue weighted by molar-refractivity contribution is 9.10. The number of methoxy groups -OCH3 is 1. The van der Waals surface area contributed by atoms with Crippen LogP contribution < -0.4 is 10.1 Å². The van der Waals surface area contributed by atoms with Gasteiger partial charge in [-0.1, -0.05) is 22.4 Å². The average Bonchev–Trinajstić information content (AvgIpc) is 2.45. The Balaban J connectivity index is 0.00000132. The minimum Gasteiger partial charge on any atom is -0.504 e. The highest BCUT2D eigenvalue weighted by atomic mass is 79.9. The van der Waals surface area contributed by atoms with E-state index in [1.807, 2.05) is 12.1 Å². The van der Waals surface area contributed by atoms with Gasteiger partial charge in [-0.15, -0.1) is 24.8 Å². The molecule has 0 radical (unpaired) electrons. The standard InChI is InChI=1S/C16H23BrN2O2.2ClH/c1-21-13-6-5-12(17)14(16(13)20)15(11-3-2-4-11)19-9-7-18-8-10-19;;/h5-6,11,15,18,20H,2-4,7-10H2,1H3;2*1H/t15-;;/m0../s1. The van der Waals surface area contributed by atoms with Crippen molar-refractivity contribution >= 4 is 40.7 Å². The second-order valence-corrected chi connectivity index (χ2v) is 6.79. The lowest BCUT2D eigenvalue weighted by Gasteiger charge is -2.43. The van der Waals surface area contributed by atoms with Crippen molar-refractivity contribution in [3.63, 3.8) is 0 Å². The van der Waals surface area contributed by atoms with Crippen LogP contribution in [-0.2, 0) is 0 Å². The van der Waals surface area contributed by atoms with Crippen LogP contribution in [-0.4, -0.2) is 43.3 Å². The molecule has 4 nitrogen and oxygen atoms in total. The van der Waals surface area contributed by atoms with E-state index in [2.05, 4.69) is 26.1 Å². The van der Waals surface area contributed by atoms with Gasteiger partial charge in [0.1, 0.15) is 0 Å². The van der Waals surface area contributed by atoms with Crippen LogP contribution in [0.1, 0.15) is 30.9 Å². The molecule has 1 heterocycles. The van der Waals surface area contributed by atoms with Gasteiger partial charge in [0.25, 0.3) is 0 Å². The average molecular weight is 428 g/mol. The number of rotatable bonds is 4. The first-order valence-electron chi connectivity index (χ1n) is 7.72. The molecule has 2 fully saturated rings. The zero-order chi connectivity index (χ0) is 14.8. The Morgan fingerprint density at radius 3 is 2.43 bits per heavy atom. The molecule has 0 spiro atoms. The molecule has 1 saturated heterocycles. The number of phenols is 1. The van der Waals surface area contributed by atoms with E-state index in [9.17, 15) is 5.11 Å². The number of hydrogen-bond acceptors (Lipinski definition) is 4. The first-order valence-corrected chi connectivity index (χ1v) is 8.51. The summed E-state index contributed by atoms with van der Waals surface area (Å²) in [5, 5.41) is 14.0. The molecule has 1 aliphatic heterocycles. The summed E-state index contributed by atoms with van der Waals surface area (Å²) in [7, 11) is 1.61. The zero-order valence-corrected chi connectivity index (χ0v) is 16.5. The van der Waals surface area contributed by atoms with Gasteiger partial charge in [0.05, 0.1) is 7.11 Å². The van der Waals surface area contributed by atoms with Gasteiger partial charge >= 0.3 is 0 Å². The van der Waals surface area contributed by atoms with Gasteiger partial charge in [-0.2, -0.15) is 0 Å². The monoisotopic (exact) mass is 426 g/mol. The minimum absolute atomic E-state index is 0. The molecule has 2 aliphatic rings. The summed E-state index contributed by atoms with van der Waals surface area (Å²) in [5.74, 6) is 1.49. The minimum atomic E-state index is 0. The number of aromatic hydroxyl groups is 1. The molecule has 0 aromatic heterocycles. The van der Waals surface area contributed by atoms with E-state index in [4.69, 9.17) is 4.74 Å². The van der Waals surface area contributed by atoms with Gasteiger partial charge in [-0.3, -0.25) is 4.90 Å². The number of piperazine rings is 1. The molecular formula is C16H25BrCl2N2O2. The lowest BCUT2D eigenvalue weighted by Crippen LogP contribution is -2.48. The van der Waals surface area contributed by atoms with E-state index in [0.29, 0.717) is 17.4 Å². The van der Waals surface area contributed by atoms with Gasteiger partial charge in [0, 0.05) is 42.3 Å². The van der Waals surface area contributed by atoms with Crippen LogP contribution in [0.2, 0.25) is 0 Å². The van der Waals surface area contributed by atoms with E-state index in [1.165, 1.54) is 19.3 Å². The molecule has 3 rings (SSSR count). The number of halogens is 3. The van der Waals surface area contributed by atoms with Crippen molar-refractivity contribution in [1.82, 2.24) is 10.2 Å². The predicted octanol–water partition coefficient (Wildman–Crippen LogP) is 3.75. The smallest absolute Gasteiger partial charge is 0.163 e. The van der Waals surface area contributed by atoms with Crippen LogP contribution in [0.4, 0.5) is 0 Å². The first-order chi connectivity index (χ1) is 10.2. The Labute approximate surface area is 158 Å². The summed E-state index contributed by atoms with van der Waals surface area (Å²) >= 11 is 3.64. The van der Waals surface area contributed by atoms with Gasteiger partial charge in [-0.25, -0.2) is 0 Å². The number of phenolic OH excluding ortho intramolecular Hbond substituents is 1. The third-order valence-electron chi connectivity index (χ3n) is 4.78. The molecule has 0 amide bonds. The van der Waals surface area contributed by atoms with Gasteiger partial charge < -0.3 is 15.2 Å². The molecule has 7 heteroatoms. The molecule has 1 saturated carbocycles. The quantitative estimate of drug-likeness (QED) is 0.767. The largest absolute Gasteiger partial charge is 0.504 e. The number of hydrogen-bond donors (Lipinski definition) is 2. The van der Waals surface area contributed by atoms with Crippen molar-refractivity contribution in [1.29, 1.82) is 0 Å². The number of benzene rings is 1. The Bertz CT molecular complexity index is 509. The van der Waals surface area contributed by atoms with E-state index in [-0.39, 0.29) is 30.9 Å². The van der Waals surface area contributed by atoms with Crippen molar-refractivity contribution in [3.8, 4) is 11.5 Å². The molecule has 23 heavy (non-hydrogen) atoms. The molecule has 0 unspecified atom stereocenters. The molecule has 1 aromatic carbocycles. The Kier molecular flexibility index (Phi) is 8.45. The molecule has 132 valence electrons. The van der Waals surface area contributed by atoms with Crippen LogP contribution in [0.25, 0.3) is 0 Å². The maximum Gasteiger partial charge on any atom is 0.163 e. The Morgan fingerprint density at radius 2 is 1.91 bits per heavy atom. The first kappa shape index (κ1) is 20.8. The summed E-state index contributed by atoms with van der Waals surface area (Å²) in [6, 6.07) is 4.09. The Hall–Kier alpha value is -0.200. The normalized spacial score (nSPS) is 19.9. The predicted molar refractivity (Wildman–Crippen MR) is 101 cm³/mol. The van der Waals surface area contributed by atoms with E-state index >= 15 is 0 Å². The molecule has 1 aromatic rings. The van der Waals surface area contributed by atoms with Crippen LogP contribution in [0.15, 0.2) is 16.6 Å². The lowest BCUT2D eigenvalue weighted by molar-refractivity contribution is 0.0811. The molecular weight excluding hydrogens is 403 g/mol. The fraction of sp³-hybridized carbons (Fsp3) is 0.625. The van der Waals surface area contributed by atoms with Crippen LogP contribution in [0.5, 0.6) is 11.5 Å². The third kappa shape index (κ3) is 4.26. The van der Waals surface area contributed by atoms with Crippen molar-refractivity contribution in [2.75, 3.05) is 33.3 Å². The number of nitrogens with one attached hydrogen (secondary N) is 1. The fourth-order valence-electron chi connectivity index (χ4n) is 3.44. The SMILES string of the molecule is COc1ccc(Br)c([C@H](C2CCC2)N2CCNCC2)c1O.Cl.Cl. The zero-order valence-electron chi connectivity index (χ0n) is 13.3. The molecule has 0 bridgehead atoms. The summed E-state index contributed by atoms with van der Waals surface area (Å²) < 4.78 is 6.29. The van der Waals surface area contributed by atoms with Crippen molar-refractivity contribution in [3.05, 3.63) is 22.2 Å².